The lowest BCUT2D eigenvalue weighted by Crippen LogP contribution is -2.47. The van der Waals surface area contributed by atoms with Crippen molar-refractivity contribution in [3.63, 3.8) is 0 Å². The highest BCUT2D eigenvalue weighted by Crippen LogP contribution is 2.31. The Balaban J connectivity index is 0.00000196. The van der Waals surface area contributed by atoms with Crippen molar-refractivity contribution in [3.8, 4) is 0 Å². The van der Waals surface area contributed by atoms with E-state index < -0.39 is 11.0 Å². The van der Waals surface area contributed by atoms with Crippen molar-refractivity contribution in [1.29, 1.82) is 0 Å². The quantitative estimate of drug-likeness (QED) is 0.610. The SMILES string of the molecule is Cl.O=C(C1CCCN1C(=O)c1ccc([N+](=O)[O-])s1)N1C[C@H]2CNC[C@H]2C1. The molecule has 3 saturated heterocycles. The number of nitrogens with zero attached hydrogens (tertiary/aromatic N) is 3. The monoisotopic (exact) mass is 400 g/mol. The Labute approximate surface area is 161 Å². The number of fused-ring (bicyclic) bond motifs is 1. The maximum atomic E-state index is 12.9. The van der Waals surface area contributed by atoms with Crippen LogP contribution in [0.15, 0.2) is 12.1 Å². The first kappa shape index (κ1) is 19.1. The standard InChI is InChI=1S/C16H20N4O4S.ClH/c21-15(18-8-10-6-17-7-11(10)9-18)12-2-1-5-19(12)16(22)13-3-4-14(25-13)20(23)24;/h3-4,10-12,17H,1-2,5-9H2;1H/t10-,11+,12?;. The number of hydrogen-bond acceptors (Lipinski definition) is 6. The Morgan fingerprint density at radius 2 is 1.92 bits per heavy atom. The van der Waals surface area contributed by atoms with Crippen LogP contribution >= 0.6 is 23.7 Å². The lowest BCUT2D eigenvalue weighted by Gasteiger charge is -2.28. The summed E-state index contributed by atoms with van der Waals surface area (Å²) in [5, 5.41) is 14.1. The first-order chi connectivity index (χ1) is 12.0. The number of hydrogen-bond donors (Lipinski definition) is 1. The van der Waals surface area contributed by atoms with E-state index in [9.17, 15) is 19.7 Å². The largest absolute Gasteiger partial charge is 0.340 e. The second kappa shape index (κ2) is 7.50. The molecule has 0 aromatic carbocycles. The van der Waals surface area contributed by atoms with Crippen LogP contribution in [0.1, 0.15) is 22.5 Å². The van der Waals surface area contributed by atoms with E-state index in [0.29, 0.717) is 29.7 Å². The van der Waals surface area contributed by atoms with Crippen LogP contribution in [0, 0.1) is 22.0 Å². The average Bonchev–Trinajstić information content (AvgIpc) is 3.36. The number of carbonyl (C=O) groups excluding carboxylic acids is 2. The number of likely N-dealkylation sites (tertiary alicyclic amines) is 2. The number of rotatable bonds is 3. The van der Waals surface area contributed by atoms with Crippen LogP contribution in [-0.2, 0) is 4.79 Å². The summed E-state index contributed by atoms with van der Waals surface area (Å²) in [6.07, 6.45) is 1.46. The van der Waals surface area contributed by atoms with Crippen LogP contribution in [0.5, 0.6) is 0 Å². The predicted molar refractivity (Wildman–Crippen MR) is 98.7 cm³/mol. The normalized spacial score (nSPS) is 27.3. The fourth-order valence-corrected chi connectivity index (χ4v) is 4.97. The zero-order chi connectivity index (χ0) is 17.6. The van der Waals surface area contributed by atoms with Gasteiger partial charge in [-0.2, -0.15) is 0 Å². The van der Waals surface area contributed by atoms with Gasteiger partial charge in [0.1, 0.15) is 6.04 Å². The number of thiophene rings is 1. The fraction of sp³-hybridized carbons (Fsp3) is 0.625. The fourth-order valence-electron chi connectivity index (χ4n) is 4.19. The molecule has 10 heteroatoms. The van der Waals surface area contributed by atoms with Crippen LogP contribution in [0.25, 0.3) is 0 Å². The van der Waals surface area contributed by atoms with Gasteiger partial charge >= 0.3 is 5.00 Å². The van der Waals surface area contributed by atoms with Gasteiger partial charge < -0.3 is 15.1 Å². The smallest absolute Gasteiger partial charge is 0.324 e. The molecular formula is C16H21ClN4O4S. The summed E-state index contributed by atoms with van der Waals surface area (Å²) < 4.78 is 0. The minimum absolute atomic E-state index is 0. The summed E-state index contributed by atoms with van der Waals surface area (Å²) in [6, 6.07) is 2.40. The maximum absolute atomic E-state index is 12.9. The molecule has 2 amide bonds. The third-order valence-corrected chi connectivity index (χ3v) is 6.51. The lowest BCUT2D eigenvalue weighted by atomic mass is 10.0. The molecule has 1 unspecified atom stereocenters. The van der Waals surface area contributed by atoms with Gasteiger partial charge in [-0.05, 0) is 30.7 Å². The molecule has 0 spiro atoms. The van der Waals surface area contributed by atoms with E-state index in [2.05, 4.69) is 5.32 Å². The Hall–Kier alpha value is -1.71. The van der Waals surface area contributed by atoms with E-state index in [-0.39, 0.29) is 29.2 Å². The van der Waals surface area contributed by atoms with Crippen molar-refractivity contribution in [3.05, 3.63) is 27.1 Å². The molecule has 4 rings (SSSR count). The number of nitro groups is 1. The summed E-state index contributed by atoms with van der Waals surface area (Å²) in [5.41, 5.74) is 0. The molecule has 26 heavy (non-hydrogen) atoms. The third kappa shape index (κ3) is 3.30. The molecule has 0 radical (unpaired) electrons. The summed E-state index contributed by atoms with van der Waals surface area (Å²) in [7, 11) is 0. The van der Waals surface area contributed by atoms with Crippen molar-refractivity contribution in [2.75, 3.05) is 32.7 Å². The van der Waals surface area contributed by atoms with Crippen molar-refractivity contribution in [1.82, 2.24) is 15.1 Å². The molecule has 3 aliphatic heterocycles. The molecule has 1 aromatic rings. The van der Waals surface area contributed by atoms with Crippen LogP contribution in [0.4, 0.5) is 5.00 Å². The van der Waals surface area contributed by atoms with Gasteiger partial charge in [-0.3, -0.25) is 19.7 Å². The Morgan fingerprint density at radius 1 is 1.23 bits per heavy atom. The van der Waals surface area contributed by atoms with E-state index in [1.54, 1.807) is 4.90 Å². The van der Waals surface area contributed by atoms with E-state index in [4.69, 9.17) is 0 Å². The minimum Gasteiger partial charge on any atom is -0.340 e. The highest BCUT2D eigenvalue weighted by molar-refractivity contribution is 7.17. The van der Waals surface area contributed by atoms with Crippen molar-refractivity contribution in [2.45, 2.75) is 18.9 Å². The van der Waals surface area contributed by atoms with Crippen LogP contribution < -0.4 is 5.32 Å². The van der Waals surface area contributed by atoms with Crippen LogP contribution in [-0.4, -0.2) is 65.3 Å². The Morgan fingerprint density at radius 3 is 2.54 bits per heavy atom. The predicted octanol–water partition coefficient (Wildman–Crippen LogP) is 1.36. The van der Waals surface area contributed by atoms with Crippen molar-refractivity contribution >= 4 is 40.6 Å². The van der Waals surface area contributed by atoms with Crippen LogP contribution in [0.3, 0.4) is 0 Å². The number of nitrogens with one attached hydrogen (secondary N) is 1. The Bertz CT molecular complexity index is 715. The maximum Gasteiger partial charge on any atom is 0.324 e. The summed E-state index contributed by atoms with van der Waals surface area (Å²) in [5.74, 6) is 0.810. The van der Waals surface area contributed by atoms with Gasteiger partial charge in [0.05, 0.1) is 9.80 Å². The molecule has 3 aliphatic rings. The van der Waals surface area contributed by atoms with E-state index in [1.807, 2.05) is 4.90 Å². The molecule has 4 heterocycles. The van der Waals surface area contributed by atoms with E-state index in [1.165, 1.54) is 12.1 Å². The van der Waals surface area contributed by atoms with Crippen molar-refractivity contribution < 1.29 is 14.5 Å². The van der Waals surface area contributed by atoms with Gasteiger partial charge in [-0.1, -0.05) is 11.3 Å². The molecule has 3 atom stereocenters. The molecule has 3 fully saturated rings. The molecule has 8 nitrogen and oxygen atoms in total. The lowest BCUT2D eigenvalue weighted by molar-refractivity contribution is -0.380. The molecule has 1 aromatic heterocycles. The molecule has 0 saturated carbocycles. The highest BCUT2D eigenvalue weighted by atomic mass is 35.5. The third-order valence-electron chi connectivity index (χ3n) is 5.48. The molecule has 0 aliphatic carbocycles. The van der Waals surface area contributed by atoms with Gasteiger partial charge in [0.2, 0.25) is 5.91 Å². The number of halogens is 1. The zero-order valence-corrected chi connectivity index (χ0v) is 15.8. The second-order valence-corrected chi connectivity index (χ2v) is 8.04. The molecular weight excluding hydrogens is 380 g/mol. The second-order valence-electron chi connectivity index (χ2n) is 6.97. The van der Waals surface area contributed by atoms with E-state index in [0.717, 1.165) is 43.9 Å². The molecule has 0 bridgehead atoms. The average molecular weight is 401 g/mol. The van der Waals surface area contributed by atoms with Crippen molar-refractivity contribution in [2.24, 2.45) is 11.8 Å². The van der Waals surface area contributed by atoms with Gasteiger partial charge in [0, 0.05) is 38.8 Å². The Kier molecular flexibility index (Phi) is 5.50. The topological polar surface area (TPSA) is 95.8 Å². The van der Waals surface area contributed by atoms with Gasteiger partial charge in [0.15, 0.2) is 0 Å². The zero-order valence-electron chi connectivity index (χ0n) is 14.1. The molecule has 1 N–H and O–H groups in total. The molecule has 142 valence electrons. The van der Waals surface area contributed by atoms with Crippen LogP contribution in [0.2, 0.25) is 0 Å². The number of amides is 2. The van der Waals surface area contributed by atoms with E-state index >= 15 is 0 Å². The first-order valence-corrected chi connectivity index (χ1v) is 9.41. The number of carbonyl (C=O) groups is 2. The van der Waals surface area contributed by atoms with Gasteiger partial charge in [-0.15, -0.1) is 12.4 Å². The van der Waals surface area contributed by atoms with Gasteiger partial charge in [-0.25, -0.2) is 0 Å². The summed E-state index contributed by atoms with van der Waals surface area (Å²) in [4.78, 5) is 39.9. The minimum atomic E-state index is -0.495. The van der Waals surface area contributed by atoms with Gasteiger partial charge in [0.25, 0.3) is 5.91 Å². The summed E-state index contributed by atoms with van der Waals surface area (Å²) >= 11 is 0.872. The first-order valence-electron chi connectivity index (χ1n) is 8.59. The highest BCUT2D eigenvalue weighted by Gasteiger charge is 2.43. The summed E-state index contributed by atoms with van der Waals surface area (Å²) in [6.45, 7) is 3.98.